The quantitative estimate of drug-likeness (QED) is 0.137. The molecule has 10 aromatic carbocycles. The highest BCUT2D eigenvalue weighted by Gasteiger charge is 2.21. The second-order valence-electron chi connectivity index (χ2n) is 17.5. The Labute approximate surface area is 405 Å². The fourth-order valence-electron chi connectivity index (χ4n) is 10.0. The van der Waals surface area contributed by atoms with Gasteiger partial charge in [0.2, 0.25) is 0 Å². The van der Waals surface area contributed by atoms with Gasteiger partial charge in [-0.2, -0.15) is 0 Å². The molecular weight excluding hydrogens is 855 g/mol. The van der Waals surface area contributed by atoms with E-state index in [2.05, 4.69) is 250 Å². The molecule has 0 N–H and O–H groups in total. The first-order chi connectivity index (χ1) is 34.7. The highest BCUT2D eigenvalue weighted by Crippen LogP contribution is 2.43. The molecule has 6 heteroatoms. The zero-order valence-electron chi connectivity index (χ0n) is 38.0. The largest absolute Gasteiger partial charge is 0.452 e. The van der Waals surface area contributed by atoms with Crippen molar-refractivity contribution in [2.75, 3.05) is 9.80 Å². The number of rotatable bonds is 10. The Balaban J connectivity index is 0.944. The summed E-state index contributed by atoms with van der Waals surface area (Å²) in [5.41, 5.74) is 18.4. The summed E-state index contributed by atoms with van der Waals surface area (Å²) in [5, 5.41) is 3.30. The molecule has 0 spiro atoms. The van der Waals surface area contributed by atoms with Crippen LogP contribution in [0.1, 0.15) is 0 Å². The Bertz CT molecular complexity index is 3800. The van der Waals surface area contributed by atoms with Crippen molar-refractivity contribution in [1.82, 2.24) is 14.5 Å². The van der Waals surface area contributed by atoms with Crippen LogP contribution in [-0.2, 0) is 0 Å². The van der Waals surface area contributed by atoms with Gasteiger partial charge in [0.15, 0.2) is 5.58 Å². The predicted octanol–water partition coefficient (Wildman–Crippen LogP) is 17.4. The Hall–Kier alpha value is -9.52. The molecule has 0 aliphatic carbocycles. The van der Waals surface area contributed by atoms with Crippen LogP contribution >= 0.6 is 0 Å². The maximum absolute atomic E-state index is 6.33. The number of fused-ring (bicyclic) bond motifs is 6. The Morgan fingerprint density at radius 1 is 0.329 bits per heavy atom. The molecule has 13 aromatic rings. The van der Waals surface area contributed by atoms with Crippen LogP contribution < -0.4 is 9.80 Å². The molecule has 70 heavy (non-hydrogen) atoms. The van der Waals surface area contributed by atoms with Crippen LogP contribution in [0, 0.1) is 0 Å². The van der Waals surface area contributed by atoms with E-state index >= 15 is 0 Å². The number of furan rings is 1. The molecule has 0 bridgehead atoms. The highest BCUT2D eigenvalue weighted by molar-refractivity contribution is 6.12. The van der Waals surface area contributed by atoms with Crippen molar-refractivity contribution in [1.29, 1.82) is 0 Å². The monoisotopic (exact) mass is 897 g/mol. The second kappa shape index (κ2) is 17.3. The summed E-state index contributed by atoms with van der Waals surface area (Å²) < 4.78 is 8.75. The summed E-state index contributed by atoms with van der Waals surface area (Å²) in [7, 11) is 0. The molecule has 3 heterocycles. The lowest BCUT2D eigenvalue weighted by molar-refractivity contribution is 0.667. The molecule has 0 aliphatic rings. The number of nitrogens with zero attached hydrogens (tertiary/aromatic N) is 5. The standard InChI is InChI=1S/C64H43N5O/c1-5-23-49(24-6-1)67(50-25-7-2-8-26-50)54-34-36-59-57(41-54)58-42-55(68(51-27-9-3-10-28-51)52-29-11-4-12-30-52)35-37-60(58)69(59)53-31-17-21-47(40-53)45-19-15-18-44(38-45)46-20-16-22-48(39-46)62-64-63(66-43-65-62)56-32-13-14-33-61(56)70-64/h1-43H. The van der Waals surface area contributed by atoms with Crippen LogP contribution in [0.15, 0.2) is 266 Å². The van der Waals surface area contributed by atoms with Crippen LogP contribution in [0.25, 0.3) is 83.1 Å². The summed E-state index contributed by atoms with van der Waals surface area (Å²) in [5.74, 6) is 0. The topological polar surface area (TPSA) is 50.3 Å². The molecule has 13 rings (SSSR count). The summed E-state index contributed by atoms with van der Waals surface area (Å²) in [4.78, 5) is 14.0. The van der Waals surface area contributed by atoms with Gasteiger partial charge in [0.25, 0.3) is 0 Å². The molecule has 0 radical (unpaired) electrons. The first-order valence-corrected chi connectivity index (χ1v) is 23.5. The molecular formula is C64H43N5O. The Morgan fingerprint density at radius 2 is 0.771 bits per heavy atom. The molecule has 6 nitrogen and oxygen atoms in total. The third-order valence-electron chi connectivity index (χ3n) is 13.2. The van der Waals surface area contributed by atoms with Gasteiger partial charge >= 0.3 is 0 Å². The number of hydrogen-bond donors (Lipinski definition) is 0. The van der Waals surface area contributed by atoms with Gasteiger partial charge < -0.3 is 18.8 Å². The third-order valence-corrected chi connectivity index (χ3v) is 13.2. The van der Waals surface area contributed by atoms with Crippen molar-refractivity contribution in [3.63, 3.8) is 0 Å². The maximum Gasteiger partial charge on any atom is 0.180 e. The van der Waals surface area contributed by atoms with Gasteiger partial charge in [0.1, 0.15) is 23.1 Å². The van der Waals surface area contributed by atoms with Crippen LogP contribution in [0.4, 0.5) is 34.1 Å². The minimum Gasteiger partial charge on any atom is -0.452 e. The number of aromatic nitrogens is 3. The van der Waals surface area contributed by atoms with Crippen molar-refractivity contribution in [2.45, 2.75) is 0 Å². The average molecular weight is 898 g/mol. The molecule has 330 valence electrons. The number of para-hydroxylation sites is 5. The summed E-state index contributed by atoms with van der Waals surface area (Å²) in [6.45, 7) is 0. The first kappa shape index (κ1) is 40.7. The molecule has 0 atom stereocenters. The molecule has 0 aliphatic heterocycles. The van der Waals surface area contributed by atoms with Gasteiger partial charge in [-0.15, -0.1) is 0 Å². The van der Waals surface area contributed by atoms with Gasteiger partial charge in [-0.1, -0.05) is 133 Å². The average Bonchev–Trinajstić information content (AvgIpc) is 3.98. The van der Waals surface area contributed by atoms with Gasteiger partial charge in [-0.3, -0.25) is 0 Å². The van der Waals surface area contributed by atoms with Crippen molar-refractivity contribution < 1.29 is 4.42 Å². The van der Waals surface area contributed by atoms with E-state index in [9.17, 15) is 0 Å². The lowest BCUT2D eigenvalue weighted by atomic mass is 9.97. The SMILES string of the molecule is c1ccc(N(c2ccccc2)c2ccc3c(c2)c2cc(N(c4ccccc4)c4ccccc4)ccc2n3-c2cccc(-c3cccc(-c4cccc(-c5ncnc6c5oc5ccccc56)c4)c3)c2)cc1. The Kier molecular flexibility index (Phi) is 10.1. The zero-order chi connectivity index (χ0) is 46.4. The fraction of sp³-hybridized carbons (Fsp3) is 0. The van der Waals surface area contributed by atoms with E-state index in [1.807, 2.05) is 24.3 Å². The van der Waals surface area contributed by atoms with Crippen molar-refractivity contribution in [3.05, 3.63) is 261 Å². The maximum atomic E-state index is 6.33. The minimum atomic E-state index is 0.693. The van der Waals surface area contributed by atoms with Gasteiger partial charge in [-0.25, -0.2) is 9.97 Å². The summed E-state index contributed by atoms with van der Waals surface area (Å²) in [6.07, 6.45) is 1.63. The molecule has 0 unspecified atom stereocenters. The van der Waals surface area contributed by atoms with Gasteiger partial charge in [-0.05, 0) is 144 Å². The van der Waals surface area contributed by atoms with Gasteiger partial charge in [0, 0.05) is 61.5 Å². The highest BCUT2D eigenvalue weighted by atomic mass is 16.3. The van der Waals surface area contributed by atoms with E-state index in [4.69, 9.17) is 9.40 Å². The number of hydrogen-bond acceptors (Lipinski definition) is 5. The van der Waals surface area contributed by atoms with Crippen molar-refractivity contribution >= 4 is 78.0 Å². The van der Waals surface area contributed by atoms with E-state index in [0.29, 0.717) is 5.58 Å². The van der Waals surface area contributed by atoms with Crippen LogP contribution in [0.3, 0.4) is 0 Å². The third kappa shape index (κ3) is 7.23. The lowest BCUT2D eigenvalue weighted by Gasteiger charge is -2.26. The van der Waals surface area contributed by atoms with E-state index < -0.39 is 0 Å². The normalized spacial score (nSPS) is 11.4. The van der Waals surface area contributed by atoms with Crippen LogP contribution in [0.2, 0.25) is 0 Å². The van der Waals surface area contributed by atoms with E-state index in [1.54, 1.807) is 6.33 Å². The molecule has 0 amide bonds. The smallest absolute Gasteiger partial charge is 0.180 e. The fourth-order valence-corrected chi connectivity index (χ4v) is 10.0. The van der Waals surface area contributed by atoms with E-state index in [0.717, 1.165) is 112 Å². The second-order valence-corrected chi connectivity index (χ2v) is 17.5. The van der Waals surface area contributed by atoms with Crippen molar-refractivity contribution in [3.8, 4) is 39.2 Å². The molecule has 0 saturated heterocycles. The first-order valence-electron chi connectivity index (χ1n) is 23.5. The van der Waals surface area contributed by atoms with E-state index in [1.165, 1.54) is 0 Å². The van der Waals surface area contributed by atoms with Crippen LogP contribution in [0.5, 0.6) is 0 Å². The predicted molar refractivity (Wildman–Crippen MR) is 289 cm³/mol. The number of benzene rings is 10. The van der Waals surface area contributed by atoms with Gasteiger partial charge in [0.05, 0.1) is 11.0 Å². The zero-order valence-corrected chi connectivity index (χ0v) is 38.0. The lowest BCUT2D eigenvalue weighted by Crippen LogP contribution is -2.09. The number of anilines is 6. The minimum absolute atomic E-state index is 0.693. The van der Waals surface area contributed by atoms with Crippen molar-refractivity contribution in [2.24, 2.45) is 0 Å². The molecule has 3 aromatic heterocycles. The molecule has 0 saturated carbocycles. The Morgan fingerprint density at radius 3 is 1.30 bits per heavy atom. The molecule has 0 fully saturated rings. The van der Waals surface area contributed by atoms with Crippen LogP contribution in [-0.4, -0.2) is 14.5 Å². The summed E-state index contributed by atoms with van der Waals surface area (Å²) >= 11 is 0. The summed E-state index contributed by atoms with van der Waals surface area (Å²) in [6, 6.07) is 90.5. The van der Waals surface area contributed by atoms with E-state index in [-0.39, 0.29) is 0 Å².